The number of nitrogens with two attached hydrogens (primary N) is 2. The van der Waals surface area contributed by atoms with E-state index in [2.05, 4.69) is 4.74 Å². The second-order valence-corrected chi connectivity index (χ2v) is 3.51. The summed E-state index contributed by atoms with van der Waals surface area (Å²) in [6.45, 7) is -0.606. The molecule has 0 aliphatic carbocycles. The first kappa shape index (κ1) is 13.3. The molecule has 0 saturated carbocycles. The van der Waals surface area contributed by atoms with Gasteiger partial charge in [-0.3, -0.25) is 4.79 Å². The monoisotopic (exact) mass is 236 g/mol. The van der Waals surface area contributed by atoms with Crippen LogP contribution in [0.4, 0.5) is 0 Å². The first-order valence-electron chi connectivity index (χ1n) is 4.78. The fourth-order valence-corrected chi connectivity index (χ4v) is 1.34. The van der Waals surface area contributed by atoms with E-state index < -0.39 is 36.6 Å². The van der Waals surface area contributed by atoms with E-state index in [0.717, 1.165) is 0 Å². The van der Waals surface area contributed by atoms with Gasteiger partial charge in [-0.15, -0.1) is 0 Å². The van der Waals surface area contributed by atoms with Gasteiger partial charge in [-0.2, -0.15) is 0 Å². The van der Waals surface area contributed by atoms with Crippen LogP contribution in [0.15, 0.2) is 0 Å². The molecule has 7 N–H and O–H groups in total. The van der Waals surface area contributed by atoms with Gasteiger partial charge in [0.15, 0.2) is 6.29 Å². The lowest BCUT2D eigenvalue weighted by atomic mass is 9.98. The number of carbonyl (C=O) groups excluding carboxylic acids is 1. The summed E-state index contributed by atoms with van der Waals surface area (Å²) in [7, 11) is 0. The van der Waals surface area contributed by atoms with Gasteiger partial charge in [-0.25, -0.2) is 0 Å². The summed E-state index contributed by atoms with van der Waals surface area (Å²) < 4.78 is 9.50. The van der Waals surface area contributed by atoms with Crippen molar-refractivity contribution in [3.05, 3.63) is 0 Å². The maximum absolute atomic E-state index is 10.8. The molecule has 1 fully saturated rings. The van der Waals surface area contributed by atoms with Crippen LogP contribution in [0.2, 0.25) is 0 Å². The minimum absolute atomic E-state index is 0.298. The third kappa shape index (κ3) is 2.88. The lowest BCUT2D eigenvalue weighted by Crippen LogP contribution is -2.62. The van der Waals surface area contributed by atoms with Crippen molar-refractivity contribution in [2.45, 2.75) is 30.6 Å². The fourth-order valence-electron chi connectivity index (χ4n) is 1.34. The molecule has 0 spiro atoms. The van der Waals surface area contributed by atoms with E-state index in [1.54, 1.807) is 0 Å². The van der Waals surface area contributed by atoms with E-state index in [-0.39, 0.29) is 13.2 Å². The number of aliphatic hydroxyl groups is 3. The standard InChI is InChI=1S/C8H16N2O6/c9-1-4(11)15-2-3-6(12)7(13)5(10)8(14)16-3/h3,5-8,12-14H,1-2,9-10H2/t3-,5-,6-,7-,8?/m1/s1. The van der Waals surface area contributed by atoms with Gasteiger partial charge < -0.3 is 36.3 Å². The number of carbonyl (C=O) groups is 1. The van der Waals surface area contributed by atoms with E-state index in [4.69, 9.17) is 16.2 Å². The van der Waals surface area contributed by atoms with Crippen LogP contribution in [-0.4, -0.2) is 65.1 Å². The summed E-state index contributed by atoms with van der Waals surface area (Å²) in [5.41, 5.74) is 10.3. The SMILES string of the molecule is NCC(=O)OC[C@H]1OC(O)[C@H](N)[C@@H](O)[C@@H]1O. The highest BCUT2D eigenvalue weighted by Gasteiger charge is 2.42. The summed E-state index contributed by atoms with van der Waals surface area (Å²) in [4.78, 5) is 10.8. The predicted octanol–water partition coefficient (Wildman–Crippen LogP) is -3.75. The van der Waals surface area contributed by atoms with Gasteiger partial charge in [-0.05, 0) is 0 Å². The van der Waals surface area contributed by atoms with Crippen LogP contribution in [0, 0.1) is 0 Å². The predicted molar refractivity (Wildman–Crippen MR) is 50.9 cm³/mol. The average Bonchev–Trinajstić information content (AvgIpc) is 2.28. The molecule has 1 unspecified atom stereocenters. The number of hydrogen-bond donors (Lipinski definition) is 5. The minimum atomic E-state index is -1.42. The largest absolute Gasteiger partial charge is 0.462 e. The Morgan fingerprint density at radius 3 is 2.50 bits per heavy atom. The summed E-state index contributed by atoms with van der Waals surface area (Å²) in [6.07, 6.45) is -5.12. The second kappa shape index (κ2) is 5.53. The summed E-state index contributed by atoms with van der Waals surface area (Å²) in [6, 6.07) is -1.10. The van der Waals surface area contributed by atoms with Crippen LogP contribution < -0.4 is 11.5 Å². The van der Waals surface area contributed by atoms with E-state index in [1.807, 2.05) is 0 Å². The molecule has 1 aliphatic rings. The summed E-state index contributed by atoms with van der Waals surface area (Å²) >= 11 is 0. The normalized spacial score (nSPS) is 39.4. The Bertz CT molecular complexity index is 251. The summed E-state index contributed by atoms with van der Waals surface area (Å²) in [5, 5.41) is 28.2. The van der Waals surface area contributed by atoms with Crippen molar-refractivity contribution in [1.29, 1.82) is 0 Å². The van der Waals surface area contributed by atoms with Crippen LogP contribution in [0.5, 0.6) is 0 Å². The van der Waals surface area contributed by atoms with Crippen molar-refractivity contribution in [2.24, 2.45) is 11.5 Å². The van der Waals surface area contributed by atoms with Crippen LogP contribution in [-0.2, 0) is 14.3 Å². The number of ether oxygens (including phenoxy) is 2. The molecule has 0 amide bonds. The van der Waals surface area contributed by atoms with Crippen molar-refractivity contribution in [3.63, 3.8) is 0 Å². The van der Waals surface area contributed by atoms with Gasteiger partial charge in [0.1, 0.15) is 24.9 Å². The maximum Gasteiger partial charge on any atom is 0.319 e. The second-order valence-electron chi connectivity index (χ2n) is 3.51. The molecule has 8 nitrogen and oxygen atoms in total. The number of rotatable bonds is 3. The van der Waals surface area contributed by atoms with Crippen molar-refractivity contribution < 1.29 is 29.6 Å². The van der Waals surface area contributed by atoms with Gasteiger partial charge in [0, 0.05) is 0 Å². The molecular formula is C8H16N2O6. The molecule has 1 rings (SSSR count). The number of esters is 1. The molecule has 1 saturated heterocycles. The molecule has 0 aromatic carbocycles. The van der Waals surface area contributed by atoms with E-state index in [1.165, 1.54) is 0 Å². The zero-order valence-electron chi connectivity index (χ0n) is 8.52. The Balaban J connectivity index is 2.50. The van der Waals surface area contributed by atoms with Gasteiger partial charge in [0.2, 0.25) is 0 Å². The van der Waals surface area contributed by atoms with E-state index in [9.17, 15) is 20.1 Å². The van der Waals surface area contributed by atoms with Crippen LogP contribution in [0.1, 0.15) is 0 Å². The highest BCUT2D eigenvalue weighted by molar-refractivity contribution is 5.71. The van der Waals surface area contributed by atoms with Crippen LogP contribution in [0.3, 0.4) is 0 Å². The third-order valence-electron chi connectivity index (χ3n) is 2.34. The highest BCUT2D eigenvalue weighted by Crippen LogP contribution is 2.18. The topological polar surface area (TPSA) is 148 Å². The van der Waals surface area contributed by atoms with Gasteiger partial charge >= 0.3 is 5.97 Å². The molecule has 16 heavy (non-hydrogen) atoms. The van der Waals surface area contributed by atoms with Gasteiger partial charge in [0.05, 0.1) is 12.6 Å². The van der Waals surface area contributed by atoms with Gasteiger partial charge in [0.25, 0.3) is 0 Å². The van der Waals surface area contributed by atoms with Crippen molar-refractivity contribution in [3.8, 4) is 0 Å². The molecule has 0 radical (unpaired) electrons. The fraction of sp³-hybridized carbons (Fsp3) is 0.875. The lowest BCUT2D eigenvalue weighted by molar-refractivity contribution is -0.250. The molecule has 0 aromatic rings. The van der Waals surface area contributed by atoms with E-state index in [0.29, 0.717) is 0 Å². The highest BCUT2D eigenvalue weighted by atomic mass is 16.6. The Morgan fingerprint density at radius 1 is 1.31 bits per heavy atom. The molecular weight excluding hydrogens is 220 g/mol. The average molecular weight is 236 g/mol. The number of hydrogen-bond acceptors (Lipinski definition) is 8. The van der Waals surface area contributed by atoms with Crippen LogP contribution >= 0.6 is 0 Å². The molecule has 0 aromatic heterocycles. The van der Waals surface area contributed by atoms with Crippen LogP contribution in [0.25, 0.3) is 0 Å². The summed E-state index contributed by atoms with van der Waals surface area (Å²) in [5.74, 6) is -0.672. The molecule has 0 bridgehead atoms. The Hall–Kier alpha value is -0.770. The minimum Gasteiger partial charge on any atom is -0.462 e. The molecule has 1 aliphatic heterocycles. The first-order valence-corrected chi connectivity index (χ1v) is 4.78. The van der Waals surface area contributed by atoms with Gasteiger partial charge in [-0.1, -0.05) is 0 Å². The Kier molecular flexibility index (Phi) is 4.59. The maximum atomic E-state index is 10.8. The lowest BCUT2D eigenvalue weighted by Gasteiger charge is -2.38. The molecule has 5 atom stereocenters. The quantitative estimate of drug-likeness (QED) is 0.314. The Morgan fingerprint density at radius 2 is 1.94 bits per heavy atom. The van der Waals surface area contributed by atoms with Crippen molar-refractivity contribution in [2.75, 3.05) is 13.2 Å². The Labute approximate surface area is 91.7 Å². The molecule has 8 heteroatoms. The molecule has 1 heterocycles. The zero-order chi connectivity index (χ0) is 12.3. The van der Waals surface area contributed by atoms with Crippen molar-refractivity contribution in [1.82, 2.24) is 0 Å². The third-order valence-corrected chi connectivity index (χ3v) is 2.34. The van der Waals surface area contributed by atoms with E-state index >= 15 is 0 Å². The van der Waals surface area contributed by atoms with Crippen molar-refractivity contribution >= 4 is 5.97 Å². The molecule has 94 valence electrons. The zero-order valence-corrected chi connectivity index (χ0v) is 8.52. The smallest absolute Gasteiger partial charge is 0.319 e. The first-order chi connectivity index (χ1) is 7.47. The number of aliphatic hydroxyl groups excluding tert-OH is 3.